The van der Waals surface area contributed by atoms with E-state index in [4.69, 9.17) is 5.84 Å². The minimum absolute atomic E-state index is 0.123. The number of amides is 1. The maximum atomic E-state index is 12.1. The number of nitrogens with one attached hydrogen (secondary N) is 1. The fraction of sp³-hybridized carbons (Fsp3) is 0.417. The van der Waals surface area contributed by atoms with Gasteiger partial charge in [0.15, 0.2) is 0 Å². The predicted octanol–water partition coefficient (Wildman–Crippen LogP) is 1.67. The van der Waals surface area contributed by atoms with E-state index in [-0.39, 0.29) is 13.1 Å². The zero-order chi connectivity index (χ0) is 14.5. The van der Waals surface area contributed by atoms with Crippen LogP contribution in [0, 0.1) is 0 Å². The molecule has 0 atom stereocenters. The maximum Gasteiger partial charge on any atom is 0.390 e. The van der Waals surface area contributed by atoms with Gasteiger partial charge in [-0.3, -0.25) is 10.2 Å². The van der Waals surface area contributed by atoms with E-state index in [1.54, 1.807) is 31.3 Å². The third kappa shape index (κ3) is 5.27. The van der Waals surface area contributed by atoms with Crippen LogP contribution in [0.2, 0.25) is 0 Å². The lowest BCUT2D eigenvalue weighted by molar-refractivity contribution is -0.137. The molecule has 0 aliphatic rings. The largest absolute Gasteiger partial charge is 0.390 e. The van der Waals surface area contributed by atoms with E-state index in [9.17, 15) is 18.0 Å². The number of carbonyl (C=O) groups is 1. The molecular weight excluding hydrogens is 259 g/mol. The Morgan fingerprint density at radius 3 is 2.58 bits per heavy atom. The van der Waals surface area contributed by atoms with Gasteiger partial charge >= 0.3 is 6.18 Å². The van der Waals surface area contributed by atoms with E-state index in [2.05, 4.69) is 0 Å². The van der Waals surface area contributed by atoms with Gasteiger partial charge in [-0.2, -0.15) is 13.2 Å². The van der Waals surface area contributed by atoms with Crippen molar-refractivity contribution in [3.8, 4) is 0 Å². The normalized spacial score (nSPS) is 11.7. The third-order valence-electron chi connectivity index (χ3n) is 2.61. The minimum Gasteiger partial charge on any atom is -0.302 e. The van der Waals surface area contributed by atoms with Gasteiger partial charge in [-0.1, -0.05) is 18.2 Å². The molecule has 0 heterocycles. The van der Waals surface area contributed by atoms with Crippen molar-refractivity contribution in [2.45, 2.75) is 19.1 Å². The molecule has 0 aromatic heterocycles. The number of carbonyl (C=O) groups excluding carboxylic acids is 1. The standard InChI is InChI=1S/C12H16F3N3O/c1-18(7-6-12(13,14)15)8-9-4-2-3-5-10(9)11(19)17-16/h2-5H,6-8,16H2,1H3,(H,17,19). The molecule has 0 bridgehead atoms. The SMILES string of the molecule is CN(CCC(F)(F)F)Cc1ccccc1C(=O)NN. The molecular formula is C12H16F3N3O. The van der Waals surface area contributed by atoms with Gasteiger partial charge in [0, 0.05) is 18.7 Å². The van der Waals surface area contributed by atoms with E-state index in [1.807, 2.05) is 5.43 Å². The summed E-state index contributed by atoms with van der Waals surface area (Å²) in [5.41, 5.74) is 3.01. The predicted molar refractivity (Wildman–Crippen MR) is 65.1 cm³/mol. The fourth-order valence-corrected chi connectivity index (χ4v) is 1.64. The number of hydrogen-bond acceptors (Lipinski definition) is 3. The first-order valence-corrected chi connectivity index (χ1v) is 5.67. The summed E-state index contributed by atoms with van der Waals surface area (Å²) in [7, 11) is 1.57. The highest BCUT2D eigenvalue weighted by Gasteiger charge is 2.27. The number of nitrogen functional groups attached to an aromatic ring is 1. The minimum atomic E-state index is -4.18. The van der Waals surface area contributed by atoms with Gasteiger partial charge in [0.2, 0.25) is 0 Å². The lowest BCUT2D eigenvalue weighted by Gasteiger charge is -2.19. The Hall–Kier alpha value is -1.60. The van der Waals surface area contributed by atoms with Crippen LogP contribution in [0.3, 0.4) is 0 Å². The molecule has 0 saturated carbocycles. The Kier molecular flexibility index (Phi) is 5.31. The first-order chi connectivity index (χ1) is 8.83. The molecule has 1 rings (SSSR count). The fourth-order valence-electron chi connectivity index (χ4n) is 1.64. The van der Waals surface area contributed by atoms with Gasteiger partial charge in [-0.05, 0) is 18.7 Å². The molecule has 7 heteroatoms. The van der Waals surface area contributed by atoms with Crippen molar-refractivity contribution in [3.63, 3.8) is 0 Å². The molecule has 1 aromatic carbocycles. The van der Waals surface area contributed by atoms with E-state index in [0.29, 0.717) is 11.1 Å². The highest BCUT2D eigenvalue weighted by Crippen LogP contribution is 2.20. The molecule has 1 amide bonds. The molecule has 0 aliphatic carbocycles. The molecule has 4 nitrogen and oxygen atoms in total. The van der Waals surface area contributed by atoms with Crippen molar-refractivity contribution >= 4 is 5.91 Å². The molecule has 0 fully saturated rings. The lowest BCUT2D eigenvalue weighted by Crippen LogP contribution is -2.32. The maximum absolute atomic E-state index is 12.1. The number of nitrogens with zero attached hydrogens (tertiary/aromatic N) is 1. The van der Waals surface area contributed by atoms with Gasteiger partial charge in [-0.15, -0.1) is 0 Å². The molecule has 3 N–H and O–H groups in total. The van der Waals surface area contributed by atoms with Crippen LogP contribution < -0.4 is 11.3 Å². The van der Waals surface area contributed by atoms with Crippen LogP contribution in [0.4, 0.5) is 13.2 Å². The summed E-state index contributed by atoms with van der Waals surface area (Å²) in [6.07, 6.45) is -5.06. The summed E-state index contributed by atoms with van der Waals surface area (Å²) in [5.74, 6) is 4.60. The zero-order valence-corrected chi connectivity index (χ0v) is 10.5. The van der Waals surface area contributed by atoms with Crippen LogP contribution in [0.1, 0.15) is 22.3 Å². The van der Waals surface area contributed by atoms with Crippen molar-refractivity contribution in [2.75, 3.05) is 13.6 Å². The van der Waals surface area contributed by atoms with Crippen LogP contribution in [0.5, 0.6) is 0 Å². The Balaban J connectivity index is 2.69. The molecule has 0 aliphatic heterocycles. The van der Waals surface area contributed by atoms with Crippen LogP contribution in [0.25, 0.3) is 0 Å². The smallest absolute Gasteiger partial charge is 0.302 e. The number of nitrogens with two attached hydrogens (primary N) is 1. The van der Waals surface area contributed by atoms with Crippen molar-refractivity contribution in [2.24, 2.45) is 5.84 Å². The molecule has 106 valence electrons. The van der Waals surface area contributed by atoms with Gasteiger partial charge in [0.25, 0.3) is 5.91 Å². The first kappa shape index (κ1) is 15.5. The number of hydrogen-bond donors (Lipinski definition) is 2. The number of rotatable bonds is 5. The van der Waals surface area contributed by atoms with E-state index < -0.39 is 18.5 Å². The Morgan fingerprint density at radius 2 is 2.00 bits per heavy atom. The zero-order valence-electron chi connectivity index (χ0n) is 10.5. The first-order valence-electron chi connectivity index (χ1n) is 5.67. The van der Waals surface area contributed by atoms with Gasteiger partial charge < -0.3 is 4.90 Å². The van der Waals surface area contributed by atoms with Crippen molar-refractivity contribution in [3.05, 3.63) is 35.4 Å². The second kappa shape index (κ2) is 6.53. The van der Waals surface area contributed by atoms with Gasteiger partial charge in [-0.25, -0.2) is 5.84 Å². The van der Waals surface area contributed by atoms with Crippen molar-refractivity contribution in [1.29, 1.82) is 0 Å². The number of benzene rings is 1. The van der Waals surface area contributed by atoms with Crippen molar-refractivity contribution in [1.82, 2.24) is 10.3 Å². The molecule has 0 spiro atoms. The van der Waals surface area contributed by atoms with Crippen molar-refractivity contribution < 1.29 is 18.0 Å². The summed E-state index contributed by atoms with van der Waals surface area (Å²) < 4.78 is 36.3. The Bertz CT molecular complexity index is 434. The summed E-state index contributed by atoms with van der Waals surface area (Å²) in [5, 5.41) is 0. The Labute approximate surface area is 109 Å². The van der Waals surface area contributed by atoms with Crippen LogP contribution in [-0.2, 0) is 6.54 Å². The summed E-state index contributed by atoms with van der Waals surface area (Å²) in [4.78, 5) is 13.0. The molecule has 19 heavy (non-hydrogen) atoms. The van der Waals surface area contributed by atoms with E-state index in [0.717, 1.165) is 0 Å². The summed E-state index contributed by atoms with van der Waals surface area (Å²) in [6.45, 7) is 0.127. The third-order valence-corrected chi connectivity index (χ3v) is 2.61. The monoisotopic (exact) mass is 275 g/mol. The molecule has 1 aromatic rings. The van der Waals surface area contributed by atoms with Gasteiger partial charge in [0.1, 0.15) is 0 Å². The topological polar surface area (TPSA) is 58.4 Å². The van der Waals surface area contributed by atoms with Crippen LogP contribution in [0.15, 0.2) is 24.3 Å². The summed E-state index contributed by atoms with van der Waals surface area (Å²) in [6, 6.07) is 6.66. The molecule has 0 radical (unpaired) electrons. The summed E-state index contributed by atoms with van der Waals surface area (Å²) >= 11 is 0. The van der Waals surface area contributed by atoms with Crippen LogP contribution in [-0.4, -0.2) is 30.6 Å². The number of hydrazine groups is 1. The molecule has 0 saturated heterocycles. The average Bonchev–Trinajstić information content (AvgIpc) is 2.35. The lowest BCUT2D eigenvalue weighted by atomic mass is 10.1. The van der Waals surface area contributed by atoms with Gasteiger partial charge in [0.05, 0.1) is 6.42 Å². The second-order valence-corrected chi connectivity index (χ2v) is 4.23. The highest BCUT2D eigenvalue weighted by molar-refractivity contribution is 5.95. The van der Waals surface area contributed by atoms with E-state index in [1.165, 1.54) is 4.90 Å². The number of alkyl halides is 3. The quantitative estimate of drug-likeness (QED) is 0.488. The average molecular weight is 275 g/mol. The highest BCUT2D eigenvalue weighted by atomic mass is 19.4. The number of halogens is 3. The molecule has 0 unspecified atom stereocenters. The second-order valence-electron chi connectivity index (χ2n) is 4.23. The van der Waals surface area contributed by atoms with Crippen LogP contribution >= 0.6 is 0 Å². The Morgan fingerprint density at radius 1 is 1.37 bits per heavy atom. The van der Waals surface area contributed by atoms with E-state index >= 15 is 0 Å².